The maximum absolute atomic E-state index is 13.1. The number of hydrogen-bond acceptors (Lipinski definition) is 4. The summed E-state index contributed by atoms with van der Waals surface area (Å²) in [6, 6.07) is 9.55. The first-order chi connectivity index (χ1) is 9.70. The van der Waals surface area contributed by atoms with Gasteiger partial charge in [-0.05, 0) is 36.8 Å². The van der Waals surface area contributed by atoms with Crippen LogP contribution in [-0.2, 0) is 11.3 Å². The third kappa shape index (κ3) is 3.54. The summed E-state index contributed by atoms with van der Waals surface area (Å²) in [6.07, 6.45) is 1.58. The van der Waals surface area contributed by atoms with Crippen molar-refractivity contribution in [1.29, 1.82) is 0 Å². The van der Waals surface area contributed by atoms with E-state index in [1.807, 2.05) is 0 Å². The molecule has 0 spiro atoms. The molecule has 0 aliphatic heterocycles. The van der Waals surface area contributed by atoms with Crippen LogP contribution in [0.2, 0.25) is 0 Å². The molecule has 104 valence electrons. The van der Waals surface area contributed by atoms with E-state index < -0.39 is 5.97 Å². The lowest BCUT2D eigenvalue weighted by molar-refractivity contribution is 0.0527. The van der Waals surface area contributed by atoms with E-state index in [4.69, 9.17) is 4.74 Å². The highest BCUT2D eigenvalue weighted by Crippen LogP contribution is 2.14. The van der Waals surface area contributed by atoms with E-state index in [1.165, 1.54) is 12.1 Å². The number of benzene rings is 1. The minimum absolute atomic E-state index is 0.295. The van der Waals surface area contributed by atoms with Crippen LogP contribution >= 0.6 is 0 Å². The molecule has 1 heterocycles. The third-order valence-electron chi connectivity index (χ3n) is 2.65. The molecule has 0 aliphatic carbocycles. The second-order valence-corrected chi connectivity index (χ2v) is 4.10. The van der Waals surface area contributed by atoms with Gasteiger partial charge in [-0.3, -0.25) is 0 Å². The first-order valence-corrected chi connectivity index (χ1v) is 6.31. The van der Waals surface area contributed by atoms with Gasteiger partial charge < -0.3 is 10.1 Å². The van der Waals surface area contributed by atoms with Gasteiger partial charge in [0.1, 0.15) is 17.2 Å². The molecule has 0 unspecified atom stereocenters. The first-order valence-electron chi connectivity index (χ1n) is 6.31. The summed E-state index contributed by atoms with van der Waals surface area (Å²) in [5, 5.41) is 3.02. The monoisotopic (exact) mass is 274 g/mol. The molecule has 0 amide bonds. The molecule has 0 bridgehead atoms. The van der Waals surface area contributed by atoms with E-state index in [2.05, 4.69) is 10.3 Å². The van der Waals surface area contributed by atoms with E-state index in [-0.39, 0.29) is 5.82 Å². The predicted octanol–water partition coefficient (Wildman–Crippen LogP) is 3.01. The highest BCUT2D eigenvalue weighted by atomic mass is 19.1. The number of carbonyl (C=O) groups excluding carboxylic acids is 1. The molecule has 1 aromatic carbocycles. The topological polar surface area (TPSA) is 51.2 Å². The Morgan fingerprint density at radius 1 is 1.35 bits per heavy atom. The van der Waals surface area contributed by atoms with Crippen LogP contribution < -0.4 is 5.32 Å². The Kier molecular flexibility index (Phi) is 4.65. The van der Waals surface area contributed by atoms with Crippen LogP contribution in [0.25, 0.3) is 0 Å². The lowest BCUT2D eigenvalue weighted by atomic mass is 10.2. The Morgan fingerprint density at radius 2 is 2.20 bits per heavy atom. The Balaban J connectivity index is 2.11. The van der Waals surface area contributed by atoms with Crippen molar-refractivity contribution in [1.82, 2.24) is 4.98 Å². The van der Waals surface area contributed by atoms with Gasteiger partial charge in [0.2, 0.25) is 0 Å². The molecule has 20 heavy (non-hydrogen) atoms. The summed E-state index contributed by atoms with van der Waals surface area (Å²) in [6.45, 7) is 2.42. The molecule has 0 saturated heterocycles. The third-order valence-corrected chi connectivity index (χ3v) is 2.65. The van der Waals surface area contributed by atoms with Gasteiger partial charge in [0, 0.05) is 12.7 Å². The highest BCUT2D eigenvalue weighted by Gasteiger charge is 2.12. The number of nitrogens with one attached hydrogen (secondary N) is 1. The van der Waals surface area contributed by atoms with Gasteiger partial charge in [-0.15, -0.1) is 0 Å². The van der Waals surface area contributed by atoms with Crippen LogP contribution in [0.3, 0.4) is 0 Å². The average Bonchev–Trinajstić information content (AvgIpc) is 2.46. The lowest BCUT2D eigenvalue weighted by Gasteiger charge is -2.10. The second kappa shape index (κ2) is 6.65. The molecule has 0 atom stereocenters. The Hall–Kier alpha value is -2.43. The van der Waals surface area contributed by atoms with Crippen LogP contribution in [0.5, 0.6) is 0 Å². The van der Waals surface area contributed by atoms with Gasteiger partial charge in [-0.1, -0.05) is 12.1 Å². The summed E-state index contributed by atoms with van der Waals surface area (Å²) in [4.78, 5) is 15.9. The quantitative estimate of drug-likeness (QED) is 0.851. The minimum Gasteiger partial charge on any atom is -0.462 e. The van der Waals surface area contributed by atoms with Crippen LogP contribution in [0, 0.1) is 5.82 Å². The maximum Gasteiger partial charge on any atom is 0.341 e. The molecule has 1 N–H and O–H groups in total. The molecule has 0 aliphatic rings. The van der Waals surface area contributed by atoms with Crippen molar-refractivity contribution in [3.63, 3.8) is 0 Å². The number of carbonyl (C=O) groups is 1. The molecule has 4 nitrogen and oxygen atoms in total. The van der Waals surface area contributed by atoms with Crippen molar-refractivity contribution >= 4 is 11.8 Å². The Labute approximate surface area is 116 Å². The number of anilines is 1. The van der Waals surface area contributed by atoms with E-state index in [1.54, 1.807) is 37.4 Å². The van der Waals surface area contributed by atoms with Gasteiger partial charge >= 0.3 is 5.97 Å². The predicted molar refractivity (Wildman–Crippen MR) is 73.9 cm³/mol. The molecule has 1 aromatic heterocycles. The van der Waals surface area contributed by atoms with Crippen LogP contribution in [0.1, 0.15) is 22.8 Å². The van der Waals surface area contributed by atoms with E-state index >= 15 is 0 Å². The van der Waals surface area contributed by atoms with Gasteiger partial charge in [-0.25, -0.2) is 14.2 Å². The molecule has 2 rings (SSSR count). The zero-order valence-corrected chi connectivity index (χ0v) is 11.1. The standard InChI is InChI=1S/C15H15FN2O2/c1-2-20-15(19)13-7-4-8-17-14(13)18-10-11-5-3-6-12(16)9-11/h3-9H,2,10H2,1H3,(H,17,18). The lowest BCUT2D eigenvalue weighted by Crippen LogP contribution is -2.11. The van der Waals surface area contributed by atoms with Crippen molar-refractivity contribution in [2.75, 3.05) is 11.9 Å². The van der Waals surface area contributed by atoms with Gasteiger partial charge in [0.25, 0.3) is 0 Å². The van der Waals surface area contributed by atoms with Crippen molar-refractivity contribution in [2.45, 2.75) is 13.5 Å². The summed E-state index contributed by atoms with van der Waals surface area (Å²) < 4.78 is 18.0. The molecule has 0 saturated carbocycles. The molecule has 5 heteroatoms. The number of rotatable bonds is 5. The van der Waals surface area contributed by atoms with Crippen molar-refractivity contribution in [2.24, 2.45) is 0 Å². The summed E-state index contributed by atoms with van der Waals surface area (Å²) in [7, 11) is 0. The molecular formula is C15H15FN2O2. The highest BCUT2D eigenvalue weighted by molar-refractivity contribution is 5.94. The second-order valence-electron chi connectivity index (χ2n) is 4.10. The molecule has 0 radical (unpaired) electrons. The molecular weight excluding hydrogens is 259 g/mol. The summed E-state index contributed by atoms with van der Waals surface area (Å²) >= 11 is 0. The Morgan fingerprint density at radius 3 is 2.95 bits per heavy atom. The zero-order valence-electron chi connectivity index (χ0n) is 11.1. The normalized spacial score (nSPS) is 10.1. The first kappa shape index (κ1) is 14.0. The van der Waals surface area contributed by atoms with Crippen molar-refractivity contribution < 1.29 is 13.9 Å². The van der Waals surface area contributed by atoms with Gasteiger partial charge in [0.15, 0.2) is 0 Å². The molecule has 0 fully saturated rings. The fraction of sp³-hybridized carbons (Fsp3) is 0.200. The average molecular weight is 274 g/mol. The van der Waals surface area contributed by atoms with Crippen LogP contribution in [-0.4, -0.2) is 17.6 Å². The van der Waals surface area contributed by atoms with Crippen LogP contribution in [0.4, 0.5) is 10.2 Å². The number of pyridine rings is 1. The van der Waals surface area contributed by atoms with Crippen molar-refractivity contribution in [3.05, 3.63) is 59.5 Å². The summed E-state index contributed by atoms with van der Waals surface area (Å²) in [5.74, 6) is -0.298. The smallest absolute Gasteiger partial charge is 0.341 e. The van der Waals surface area contributed by atoms with E-state index in [9.17, 15) is 9.18 Å². The number of nitrogens with zero attached hydrogens (tertiary/aromatic N) is 1. The largest absolute Gasteiger partial charge is 0.462 e. The number of ether oxygens (including phenoxy) is 1. The number of hydrogen-bond donors (Lipinski definition) is 1. The SMILES string of the molecule is CCOC(=O)c1cccnc1NCc1cccc(F)c1. The fourth-order valence-corrected chi connectivity index (χ4v) is 1.75. The number of aromatic nitrogens is 1. The zero-order chi connectivity index (χ0) is 14.4. The number of halogens is 1. The maximum atomic E-state index is 13.1. The van der Waals surface area contributed by atoms with Gasteiger partial charge in [0.05, 0.1) is 6.61 Å². The minimum atomic E-state index is -0.428. The van der Waals surface area contributed by atoms with E-state index in [0.29, 0.717) is 24.5 Å². The van der Waals surface area contributed by atoms with Crippen LogP contribution in [0.15, 0.2) is 42.6 Å². The van der Waals surface area contributed by atoms with Crippen molar-refractivity contribution in [3.8, 4) is 0 Å². The van der Waals surface area contributed by atoms with Gasteiger partial charge in [-0.2, -0.15) is 0 Å². The van der Waals surface area contributed by atoms with E-state index in [0.717, 1.165) is 5.56 Å². The Bertz CT molecular complexity index is 602. The number of esters is 1. The molecule has 2 aromatic rings. The summed E-state index contributed by atoms with van der Waals surface area (Å²) in [5.41, 5.74) is 1.14. The fourth-order valence-electron chi connectivity index (χ4n) is 1.75.